The first-order valence-electron chi connectivity index (χ1n) is 7.59. The fourth-order valence-corrected chi connectivity index (χ4v) is 2.09. The first-order valence-corrected chi connectivity index (χ1v) is 7.59. The molecular formula is C17H19F3N4O. The molecule has 1 heterocycles. The number of pyridine rings is 1. The number of nitrogens with zero attached hydrogens (tertiary/aromatic N) is 2. The van der Waals surface area contributed by atoms with Crippen LogP contribution in [0.25, 0.3) is 0 Å². The number of likely N-dealkylation sites (N-methyl/N-ethyl adjacent to an activating group) is 1. The predicted octanol–water partition coefficient (Wildman–Crippen LogP) is 3.14. The monoisotopic (exact) mass is 352 g/mol. The van der Waals surface area contributed by atoms with Crippen molar-refractivity contribution in [1.82, 2.24) is 15.2 Å². The maximum absolute atomic E-state index is 12.8. The number of hydrogen-bond donors (Lipinski definition) is 2. The first-order chi connectivity index (χ1) is 11.8. The van der Waals surface area contributed by atoms with Gasteiger partial charge in [-0.25, -0.2) is 4.98 Å². The summed E-state index contributed by atoms with van der Waals surface area (Å²) in [6.07, 6.45) is -2.97. The van der Waals surface area contributed by atoms with Crippen LogP contribution < -0.4 is 10.6 Å². The van der Waals surface area contributed by atoms with Crippen LogP contribution in [0.5, 0.6) is 0 Å². The van der Waals surface area contributed by atoms with Crippen molar-refractivity contribution in [3.8, 4) is 0 Å². The summed E-state index contributed by atoms with van der Waals surface area (Å²) in [5, 5.41) is 5.53. The van der Waals surface area contributed by atoms with E-state index in [0.717, 1.165) is 12.1 Å². The number of hydrogen-bond acceptors (Lipinski definition) is 4. The second kappa shape index (κ2) is 7.98. The zero-order chi connectivity index (χ0) is 18.4. The Kier molecular flexibility index (Phi) is 5.97. The van der Waals surface area contributed by atoms with Gasteiger partial charge in [0.15, 0.2) is 0 Å². The number of carbonyl (C=O) groups excluding carboxylic acids is 1. The molecule has 2 rings (SSSR count). The number of rotatable bonds is 6. The van der Waals surface area contributed by atoms with Crippen LogP contribution >= 0.6 is 0 Å². The minimum absolute atomic E-state index is 0.198. The highest BCUT2D eigenvalue weighted by molar-refractivity contribution is 5.99. The largest absolute Gasteiger partial charge is 0.416 e. The zero-order valence-corrected chi connectivity index (χ0v) is 13.9. The topological polar surface area (TPSA) is 57.3 Å². The minimum atomic E-state index is -4.44. The summed E-state index contributed by atoms with van der Waals surface area (Å²) in [5.74, 6) is -0.145. The molecule has 0 bridgehead atoms. The number of anilines is 2. The fraction of sp³-hybridized carbons (Fsp3) is 0.294. The van der Waals surface area contributed by atoms with Crippen molar-refractivity contribution in [2.24, 2.45) is 0 Å². The zero-order valence-electron chi connectivity index (χ0n) is 13.9. The van der Waals surface area contributed by atoms with Gasteiger partial charge in [-0.1, -0.05) is 6.07 Å². The third kappa shape index (κ3) is 5.46. The van der Waals surface area contributed by atoms with Crippen molar-refractivity contribution in [2.45, 2.75) is 6.18 Å². The molecule has 134 valence electrons. The highest BCUT2D eigenvalue weighted by Crippen LogP contribution is 2.31. The molecule has 0 aliphatic carbocycles. The van der Waals surface area contributed by atoms with Crippen molar-refractivity contribution in [1.29, 1.82) is 0 Å². The van der Waals surface area contributed by atoms with Gasteiger partial charge in [0.2, 0.25) is 0 Å². The average molecular weight is 352 g/mol. The lowest BCUT2D eigenvalue weighted by molar-refractivity contribution is -0.137. The standard InChI is InChI=1S/C17H19F3N4O/c1-24(2)10-9-22-16(25)14-7-4-8-21-15(14)23-13-6-3-5-12(11-13)17(18,19)20/h3-8,11H,9-10H2,1-2H3,(H,21,23)(H,22,25). The van der Waals surface area contributed by atoms with Gasteiger partial charge in [-0.2, -0.15) is 13.2 Å². The second-order valence-corrected chi connectivity index (χ2v) is 5.66. The van der Waals surface area contributed by atoms with Crippen LogP contribution in [0.15, 0.2) is 42.6 Å². The molecule has 2 aromatic rings. The number of carbonyl (C=O) groups is 1. The average Bonchev–Trinajstić information content (AvgIpc) is 2.54. The van der Waals surface area contributed by atoms with Crippen LogP contribution in [-0.2, 0) is 6.18 Å². The van der Waals surface area contributed by atoms with Gasteiger partial charge < -0.3 is 15.5 Å². The Morgan fingerprint density at radius 1 is 1.20 bits per heavy atom. The van der Waals surface area contributed by atoms with Crippen molar-refractivity contribution >= 4 is 17.4 Å². The number of amides is 1. The lowest BCUT2D eigenvalue weighted by atomic mass is 10.2. The normalized spacial score (nSPS) is 11.4. The van der Waals surface area contributed by atoms with Crippen LogP contribution in [0.2, 0.25) is 0 Å². The van der Waals surface area contributed by atoms with E-state index >= 15 is 0 Å². The van der Waals surface area contributed by atoms with Crippen LogP contribution in [-0.4, -0.2) is 43.0 Å². The summed E-state index contributed by atoms with van der Waals surface area (Å²) in [4.78, 5) is 18.3. The highest BCUT2D eigenvalue weighted by Gasteiger charge is 2.30. The molecule has 1 amide bonds. The molecule has 0 atom stereocenters. The molecule has 0 aliphatic rings. The van der Waals surface area contributed by atoms with E-state index in [1.54, 1.807) is 12.1 Å². The number of nitrogens with one attached hydrogen (secondary N) is 2. The molecule has 8 heteroatoms. The quantitative estimate of drug-likeness (QED) is 0.839. The molecule has 0 unspecified atom stereocenters. The summed E-state index contributed by atoms with van der Waals surface area (Å²) in [6.45, 7) is 1.12. The number of alkyl halides is 3. The van der Waals surface area contributed by atoms with Crippen LogP contribution in [0, 0.1) is 0 Å². The summed E-state index contributed by atoms with van der Waals surface area (Å²) >= 11 is 0. The van der Waals surface area contributed by atoms with E-state index < -0.39 is 11.7 Å². The molecule has 0 saturated carbocycles. The Bertz CT molecular complexity index is 732. The third-order valence-corrected chi connectivity index (χ3v) is 3.35. The molecule has 0 radical (unpaired) electrons. The van der Waals surface area contributed by atoms with Crippen molar-refractivity contribution in [2.75, 3.05) is 32.5 Å². The molecule has 2 N–H and O–H groups in total. The lowest BCUT2D eigenvalue weighted by Crippen LogP contribution is -2.31. The predicted molar refractivity (Wildman–Crippen MR) is 89.9 cm³/mol. The summed E-state index contributed by atoms with van der Waals surface area (Å²) in [5.41, 5.74) is -0.306. The molecule has 0 spiro atoms. The van der Waals surface area contributed by atoms with E-state index in [9.17, 15) is 18.0 Å². The van der Waals surface area contributed by atoms with Gasteiger partial charge in [-0.3, -0.25) is 4.79 Å². The van der Waals surface area contributed by atoms with Crippen LogP contribution in [0.4, 0.5) is 24.7 Å². The van der Waals surface area contributed by atoms with E-state index in [1.807, 2.05) is 19.0 Å². The molecule has 1 aromatic carbocycles. The summed E-state index contributed by atoms with van der Waals surface area (Å²) in [6, 6.07) is 7.90. The first kappa shape index (κ1) is 18.7. The maximum atomic E-state index is 12.8. The molecule has 25 heavy (non-hydrogen) atoms. The van der Waals surface area contributed by atoms with Crippen molar-refractivity contribution < 1.29 is 18.0 Å². The number of aromatic nitrogens is 1. The summed E-state index contributed by atoms with van der Waals surface area (Å²) < 4.78 is 38.4. The van der Waals surface area contributed by atoms with Crippen LogP contribution in [0.1, 0.15) is 15.9 Å². The van der Waals surface area contributed by atoms with E-state index in [0.29, 0.717) is 13.1 Å². The smallest absolute Gasteiger partial charge is 0.351 e. The number of halogens is 3. The van der Waals surface area contributed by atoms with Crippen molar-refractivity contribution in [3.63, 3.8) is 0 Å². The highest BCUT2D eigenvalue weighted by atomic mass is 19.4. The Hall–Kier alpha value is -2.61. The Labute approximate surface area is 143 Å². The van der Waals surface area contributed by atoms with Gasteiger partial charge in [0.1, 0.15) is 5.82 Å². The molecular weight excluding hydrogens is 333 g/mol. The SMILES string of the molecule is CN(C)CCNC(=O)c1cccnc1Nc1cccc(C(F)(F)F)c1. The molecule has 5 nitrogen and oxygen atoms in total. The number of benzene rings is 1. The van der Waals surface area contributed by atoms with E-state index in [-0.39, 0.29) is 23.0 Å². The van der Waals surface area contributed by atoms with E-state index in [4.69, 9.17) is 0 Å². The Morgan fingerprint density at radius 2 is 1.96 bits per heavy atom. The summed E-state index contributed by atoms with van der Waals surface area (Å²) in [7, 11) is 3.77. The van der Waals surface area contributed by atoms with Gasteiger partial charge in [0.05, 0.1) is 11.1 Å². The van der Waals surface area contributed by atoms with Gasteiger partial charge in [0.25, 0.3) is 5.91 Å². The molecule has 0 aliphatic heterocycles. The molecule has 1 aromatic heterocycles. The minimum Gasteiger partial charge on any atom is -0.351 e. The molecule has 0 saturated heterocycles. The molecule has 0 fully saturated rings. The third-order valence-electron chi connectivity index (χ3n) is 3.35. The Morgan fingerprint density at radius 3 is 2.64 bits per heavy atom. The van der Waals surface area contributed by atoms with Crippen molar-refractivity contribution in [3.05, 3.63) is 53.7 Å². The van der Waals surface area contributed by atoms with Gasteiger partial charge in [-0.15, -0.1) is 0 Å². The van der Waals surface area contributed by atoms with Crippen LogP contribution in [0.3, 0.4) is 0 Å². The van der Waals surface area contributed by atoms with E-state index in [2.05, 4.69) is 15.6 Å². The second-order valence-electron chi connectivity index (χ2n) is 5.66. The van der Waals surface area contributed by atoms with Gasteiger partial charge >= 0.3 is 6.18 Å². The maximum Gasteiger partial charge on any atom is 0.416 e. The van der Waals surface area contributed by atoms with E-state index in [1.165, 1.54) is 18.3 Å². The lowest BCUT2D eigenvalue weighted by Gasteiger charge is -2.14. The van der Waals surface area contributed by atoms with Gasteiger partial charge in [-0.05, 0) is 44.4 Å². The van der Waals surface area contributed by atoms with Gasteiger partial charge in [0, 0.05) is 25.0 Å². The fourth-order valence-electron chi connectivity index (χ4n) is 2.09. The Balaban J connectivity index is 2.17.